The first-order chi connectivity index (χ1) is 10.8. The van der Waals surface area contributed by atoms with Gasteiger partial charge in [-0.15, -0.1) is 11.7 Å². The van der Waals surface area contributed by atoms with E-state index in [2.05, 4.69) is 21.8 Å². The molecule has 1 aliphatic rings. The summed E-state index contributed by atoms with van der Waals surface area (Å²) in [5.74, 6) is -0.167. The van der Waals surface area contributed by atoms with Crippen molar-refractivity contribution >= 4 is 23.5 Å². The van der Waals surface area contributed by atoms with E-state index < -0.39 is 0 Å². The quantitative estimate of drug-likeness (QED) is 0.493. The van der Waals surface area contributed by atoms with Crippen molar-refractivity contribution < 1.29 is 4.79 Å². The van der Waals surface area contributed by atoms with Gasteiger partial charge in [0.1, 0.15) is 0 Å². The Morgan fingerprint density at radius 1 is 1.18 bits per heavy atom. The number of anilines is 1. The Kier molecular flexibility index (Phi) is 3.87. The van der Waals surface area contributed by atoms with E-state index >= 15 is 0 Å². The fourth-order valence-electron chi connectivity index (χ4n) is 2.27. The molecule has 5 heteroatoms. The highest BCUT2D eigenvalue weighted by atomic mass is 16.2. The number of carbonyl (C=O) groups is 1. The molecule has 0 radical (unpaired) electrons. The fourth-order valence-corrected chi connectivity index (χ4v) is 2.27. The second-order valence-electron chi connectivity index (χ2n) is 4.67. The molecule has 1 aromatic heterocycles. The van der Waals surface area contributed by atoms with Gasteiger partial charge in [0.25, 0.3) is 5.91 Å². The molecule has 1 aromatic carbocycles. The Hall–Kier alpha value is -3.08. The number of carbonyl (C=O) groups excluding carboxylic acids is 1. The maximum atomic E-state index is 12.5. The normalized spacial score (nSPS) is 15.5. The van der Waals surface area contributed by atoms with Crippen LogP contribution in [0.4, 0.5) is 5.69 Å². The Labute approximate surface area is 128 Å². The van der Waals surface area contributed by atoms with Crippen LogP contribution >= 0.6 is 0 Å². The summed E-state index contributed by atoms with van der Waals surface area (Å²) in [6, 6.07) is 13.0. The van der Waals surface area contributed by atoms with Crippen molar-refractivity contribution in [1.82, 2.24) is 4.98 Å². The van der Waals surface area contributed by atoms with Gasteiger partial charge in [0, 0.05) is 18.3 Å². The first-order valence-electron chi connectivity index (χ1n) is 6.85. The molecule has 2 heterocycles. The van der Waals surface area contributed by atoms with Crippen LogP contribution in [0.5, 0.6) is 0 Å². The molecule has 0 unspecified atom stereocenters. The van der Waals surface area contributed by atoms with Crippen LogP contribution in [0.25, 0.3) is 0 Å². The fraction of sp³-hybridized carbons (Fsp3) is 0.0588. The van der Waals surface area contributed by atoms with Gasteiger partial charge >= 0.3 is 0 Å². The molecule has 0 saturated heterocycles. The number of aromatic nitrogens is 1. The van der Waals surface area contributed by atoms with Crippen LogP contribution in [0.3, 0.4) is 0 Å². The van der Waals surface area contributed by atoms with E-state index in [1.165, 1.54) is 6.21 Å². The van der Waals surface area contributed by atoms with Gasteiger partial charge < -0.3 is 4.90 Å². The van der Waals surface area contributed by atoms with Crippen molar-refractivity contribution in [3.63, 3.8) is 0 Å². The number of pyridine rings is 1. The van der Waals surface area contributed by atoms with Crippen LogP contribution in [0.15, 0.2) is 71.5 Å². The summed E-state index contributed by atoms with van der Waals surface area (Å²) in [6.07, 6.45) is 4.89. The molecule has 0 atom stereocenters. The highest BCUT2D eigenvalue weighted by molar-refractivity contribution is 6.54. The lowest BCUT2D eigenvalue weighted by Gasteiger charge is -2.13. The van der Waals surface area contributed by atoms with Gasteiger partial charge in [-0.1, -0.05) is 30.3 Å². The monoisotopic (exact) mass is 290 g/mol. The minimum atomic E-state index is -0.167. The molecule has 0 fully saturated rings. The summed E-state index contributed by atoms with van der Waals surface area (Å²) in [5, 5.41) is 8.09. The van der Waals surface area contributed by atoms with Crippen molar-refractivity contribution in [1.29, 1.82) is 0 Å². The number of hydrogen-bond donors (Lipinski definition) is 0. The van der Waals surface area contributed by atoms with Crippen molar-refractivity contribution in [3.05, 3.63) is 72.6 Å². The van der Waals surface area contributed by atoms with Gasteiger partial charge in [0.2, 0.25) is 0 Å². The predicted molar refractivity (Wildman–Crippen MR) is 87.4 cm³/mol. The zero-order chi connectivity index (χ0) is 15.4. The maximum absolute atomic E-state index is 12.5. The number of para-hydroxylation sites is 1. The van der Waals surface area contributed by atoms with Gasteiger partial charge in [0.15, 0.2) is 5.71 Å². The minimum Gasteiger partial charge on any atom is -0.302 e. The molecule has 108 valence electrons. The van der Waals surface area contributed by atoms with E-state index in [0.29, 0.717) is 18.0 Å². The smallest absolute Gasteiger partial charge is 0.279 e. The van der Waals surface area contributed by atoms with E-state index in [1.807, 2.05) is 42.5 Å². The second kappa shape index (κ2) is 6.13. The van der Waals surface area contributed by atoms with Gasteiger partial charge in [-0.25, -0.2) is 0 Å². The lowest BCUT2D eigenvalue weighted by Crippen LogP contribution is -2.30. The Balaban J connectivity index is 1.93. The molecule has 0 N–H and O–H groups in total. The van der Waals surface area contributed by atoms with Crippen molar-refractivity contribution in [3.8, 4) is 0 Å². The van der Waals surface area contributed by atoms with Crippen molar-refractivity contribution in [2.45, 2.75) is 0 Å². The van der Waals surface area contributed by atoms with Gasteiger partial charge in [0.05, 0.1) is 17.6 Å². The second-order valence-corrected chi connectivity index (χ2v) is 4.67. The Morgan fingerprint density at radius 2 is 2.00 bits per heavy atom. The summed E-state index contributed by atoms with van der Waals surface area (Å²) in [4.78, 5) is 18.2. The molecule has 0 bridgehead atoms. The van der Waals surface area contributed by atoms with Gasteiger partial charge in [-0.2, -0.15) is 5.10 Å². The van der Waals surface area contributed by atoms with Crippen LogP contribution in [-0.4, -0.2) is 29.4 Å². The molecule has 0 spiro atoms. The first-order valence-corrected chi connectivity index (χ1v) is 6.85. The summed E-state index contributed by atoms with van der Waals surface area (Å²) in [5.41, 5.74) is 2.64. The topological polar surface area (TPSA) is 57.9 Å². The standard InChI is InChI=1S/C17H14N4O/c1-2-11-21-15-9-4-3-8-14(15)16(17(21)22)20-19-12-13-7-5-6-10-18-13/h2-10,12H,1,11H2/b19-12-,20-16+. The van der Waals surface area contributed by atoms with E-state index in [9.17, 15) is 4.79 Å². The Morgan fingerprint density at radius 3 is 2.77 bits per heavy atom. The molecular formula is C17H14N4O. The number of fused-ring (bicyclic) bond motifs is 1. The predicted octanol–water partition coefficient (Wildman–Crippen LogP) is 2.44. The van der Waals surface area contributed by atoms with Crippen LogP contribution < -0.4 is 4.90 Å². The maximum Gasteiger partial charge on any atom is 0.279 e. The highest BCUT2D eigenvalue weighted by Gasteiger charge is 2.32. The average molecular weight is 290 g/mol. The van der Waals surface area contributed by atoms with Gasteiger partial charge in [-0.05, 0) is 18.2 Å². The number of benzene rings is 1. The summed E-state index contributed by atoms with van der Waals surface area (Å²) in [7, 11) is 0. The highest BCUT2D eigenvalue weighted by Crippen LogP contribution is 2.28. The Bertz CT molecular complexity index is 765. The largest absolute Gasteiger partial charge is 0.302 e. The molecule has 1 aliphatic heterocycles. The lowest BCUT2D eigenvalue weighted by atomic mass is 10.1. The molecular weight excluding hydrogens is 276 g/mol. The van der Waals surface area contributed by atoms with Crippen molar-refractivity contribution in [2.24, 2.45) is 10.2 Å². The molecule has 1 amide bonds. The van der Waals surface area contributed by atoms with Crippen LogP contribution in [0.2, 0.25) is 0 Å². The molecule has 0 saturated carbocycles. The zero-order valence-electron chi connectivity index (χ0n) is 11.9. The summed E-state index contributed by atoms with van der Waals surface area (Å²) in [6.45, 7) is 4.13. The number of amides is 1. The third kappa shape index (κ3) is 2.56. The number of hydrogen-bond acceptors (Lipinski definition) is 4. The number of nitrogens with zero attached hydrogens (tertiary/aromatic N) is 4. The molecule has 22 heavy (non-hydrogen) atoms. The van der Waals surface area contributed by atoms with E-state index in [0.717, 1.165) is 11.3 Å². The summed E-state index contributed by atoms with van der Waals surface area (Å²) < 4.78 is 0. The third-order valence-electron chi connectivity index (χ3n) is 3.24. The summed E-state index contributed by atoms with van der Waals surface area (Å²) >= 11 is 0. The molecule has 0 aliphatic carbocycles. The SMILES string of the molecule is C=CCN1C(=O)/C(=N/N=C\c2ccccn2)c2ccccc21. The van der Waals surface area contributed by atoms with Crippen molar-refractivity contribution in [2.75, 3.05) is 11.4 Å². The molecule has 2 aromatic rings. The van der Waals surface area contributed by atoms with E-state index in [-0.39, 0.29) is 5.91 Å². The molecule has 3 rings (SSSR count). The lowest BCUT2D eigenvalue weighted by molar-refractivity contribution is -0.112. The van der Waals surface area contributed by atoms with Crippen LogP contribution in [0, 0.1) is 0 Å². The average Bonchev–Trinajstić information content (AvgIpc) is 2.82. The first kappa shape index (κ1) is 13.9. The molecule has 5 nitrogen and oxygen atoms in total. The van der Waals surface area contributed by atoms with Crippen LogP contribution in [0.1, 0.15) is 11.3 Å². The van der Waals surface area contributed by atoms with E-state index in [1.54, 1.807) is 17.2 Å². The zero-order valence-corrected chi connectivity index (χ0v) is 11.9. The number of rotatable bonds is 4. The van der Waals surface area contributed by atoms with E-state index in [4.69, 9.17) is 0 Å². The minimum absolute atomic E-state index is 0.167. The third-order valence-corrected chi connectivity index (χ3v) is 3.24. The van der Waals surface area contributed by atoms with Crippen LogP contribution in [-0.2, 0) is 4.79 Å². The van der Waals surface area contributed by atoms with Gasteiger partial charge in [-0.3, -0.25) is 9.78 Å².